The molecule has 0 bridgehead atoms. The molecule has 1 aromatic carbocycles. The van der Waals surface area contributed by atoms with Gasteiger partial charge in [-0.25, -0.2) is 0 Å². The minimum atomic E-state index is -0.146. The second-order valence-corrected chi connectivity index (χ2v) is 7.52. The number of nitrogens with zero attached hydrogens (tertiary/aromatic N) is 1. The van der Waals surface area contributed by atoms with Crippen molar-refractivity contribution in [3.05, 3.63) is 28.2 Å². The predicted octanol–water partition coefficient (Wildman–Crippen LogP) is 4.58. The van der Waals surface area contributed by atoms with Crippen LogP contribution in [0.25, 0.3) is 0 Å². The number of halogens is 2. The van der Waals surface area contributed by atoms with Gasteiger partial charge in [-0.1, -0.05) is 6.07 Å². The van der Waals surface area contributed by atoms with E-state index in [-0.39, 0.29) is 11.2 Å². The van der Waals surface area contributed by atoms with Gasteiger partial charge >= 0.3 is 0 Å². The van der Waals surface area contributed by atoms with Gasteiger partial charge in [-0.2, -0.15) is 0 Å². The summed E-state index contributed by atoms with van der Waals surface area (Å²) in [6.45, 7) is 10.3. The van der Waals surface area contributed by atoms with E-state index in [4.69, 9.17) is 16.3 Å². The molecule has 2 nitrogen and oxygen atoms in total. The van der Waals surface area contributed by atoms with E-state index in [1.165, 1.54) is 5.69 Å². The first-order chi connectivity index (χ1) is 8.72. The molecule has 1 heterocycles. The molecule has 1 fully saturated rings. The van der Waals surface area contributed by atoms with E-state index in [0.717, 1.165) is 23.1 Å². The fourth-order valence-electron chi connectivity index (χ4n) is 2.85. The molecule has 1 saturated heterocycles. The van der Waals surface area contributed by atoms with E-state index in [0.29, 0.717) is 5.88 Å². The second kappa shape index (κ2) is 5.27. The molecular weight excluding hydrogens is 326 g/mol. The SMILES string of the molecule is CC1(C)CN(c2ccc(CCl)cc2Br)CC(C)(C)O1. The van der Waals surface area contributed by atoms with E-state index in [9.17, 15) is 0 Å². The highest BCUT2D eigenvalue weighted by Crippen LogP contribution is 2.35. The van der Waals surface area contributed by atoms with Gasteiger partial charge in [0, 0.05) is 23.4 Å². The summed E-state index contributed by atoms with van der Waals surface area (Å²) in [5, 5.41) is 0. The van der Waals surface area contributed by atoms with Crippen LogP contribution in [0.3, 0.4) is 0 Å². The number of rotatable bonds is 2. The molecule has 0 amide bonds. The zero-order chi connectivity index (χ0) is 14.3. The van der Waals surface area contributed by atoms with Gasteiger partial charge in [-0.3, -0.25) is 0 Å². The fourth-order valence-corrected chi connectivity index (χ4v) is 3.69. The number of morpholine rings is 1. The van der Waals surface area contributed by atoms with Crippen molar-refractivity contribution in [3.8, 4) is 0 Å². The quantitative estimate of drug-likeness (QED) is 0.727. The van der Waals surface area contributed by atoms with E-state index in [2.05, 4.69) is 66.7 Å². The van der Waals surface area contributed by atoms with E-state index < -0.39 is 0 Å². The van der Waals surface area contributed by atoms with E-state index in [1.54, 1.807) is 0 Å². The zero-order valence-electron chi connectivity index (χ0n) is 12.0. The Bertz CT molecular complexity index is 457. The zero-order valence-corrected chi connectivity index (χ0v) is 14.3. The number of anilines is 1. The molecule has 0 saturated carbocycles. The van der Waals surface area contributed by atoms with Crippen LogP contribution in [-0.2, 0) is 10.6 Å². The summed E-state index contributed by atoms with van der Waals surface area (Å²) in [4.78, 5) is 2.38. The number of hydrogen-bond donors (Lipinski definition) is 0. The van der Waals surface area contributed by atoms with Gasteiger partial charge < -0.3 is 9.64 Å². The van der Waals surface area contributed by atoms with Crippen molar-refractivity contribution in [2.45, 2.75) is 44.8 Å². The Labute approximate surface area is 129 Å². The van der Waals surface area contributed by atoms with Gasteiger partial charge in [0.15, 0.2) is 0 Å². The number of ether oxygens (including phenoxy) is 1. The van der Waals surface area contributed by atoms with Gasteiger partial charge in [0.2, 0.25) is 0 Å². The van der Waals surface area contributed by atoms with Crippen LogP contribution in [0, 0.1) is 0 Å². The Morgan fingerprint density at radius 1 is 1.21 bits per heavy atom. The summed E-state index contributed by atoms with van der Waals surface area (Å²) in [6.07, 6.45) is 0. The summed E-state index contributed by atoms with van der Waals surface area (Å²) in [7, 11) is 0. The van der Waals surface area contributed by atoms with Gasteiger partial charge in [-0.15, -0.1) is 11.6 Å². The Morgan fingerprint density at radius 3 is 2.26 bits per heavy atom. The van der Waals surface area contributed by atoms with E-state index in [1.807, 2.05) is 0 Å². The molecule has 0 aromatic heterocycles. The fraction of sp³-hybridized carbons (Fsp3) is 0.600. The predicted molar refractivity (Wildman–Crippen MR) is 85.2 cm³/mol. The molecule has 4 heteroatoms. The van der Waals surface area contributed by atoms with Gasteiger partial charge in [-0.05, 0) is 61.3 Å². The summed E-state index contributed by atoms with van der Waals surface area (Å²) in [5.74, 6) is 0.541. The largest absolute Gasteiger partial charge is 0.366 e. The average Bonchev–Trinajstić information content (AvgIpc) is 2.24. The van der Waals surface area contributed by atoms with Crippen LogP contribution >= 0.6 is 27.5 Å². The Hall–Kier alpha value is -0.250. The first kappa shape index (κ1) is 15.1. The second-order valence-electron chi connectivity index (χ2n) is 6.40. The maximum Gasteiger partial charge on any atom is 0.0808 e. The summed E-state index contributed by atoms with van der Waals surface area (Å²) in [6, 6.07) is 6.32. The third-order valence-electron chi connectivity index (χ3n) is 3.20. The number of hydrogen-bond acceptors (Lipinski definition) is 2. The van der Waals surface area contributed by atoms with Crippen molar-refractivity contribution in [3.63, 3.8) is 0 Å². The standard InChI is InChI=1S/C15H21BrClNO/c1-14(2)9-18(10-15(3,4)19-14)13-6-5-11(8-17)7-12(13)16/h5-7H,8-10H2,1-4H3. The van der Waals surface area contributed by atoms with Crippen molar-refractivity contribution < 1.29 is 4.74 Å². The molecule has 0 spiro atoms. The van der Waals surface area contributed by atoms with Crippen molar-refractivity contribution >= 4 is 33.2 Å². The topological polar surface area (TPSA) is 12.5 Å². The Morgan fingerprint density at radius 2 is 1.79 bits per heavy atom. The first-order valence-corrected chi connectivity index (χ1v) is 7.85. The maximum absolute atomic E-state index is 6.12. The van der Waals surface area contributed by atoms with Crippen LogP contribution < -0.4 is 4.90 Å². The lowest BCUT2D eigenvalue weighted by molar-refractivity contribution is -0.133. The van der Waals surface area contributed by atoms with E-state index >= 15 is 0 Å². The molecular formula is C15H21BrClNO. The molecule has 19 heavy (non-hydrogen) atoms. The molecule has 1 aliphatic rings. The highest BCUT2D eigenvalue weighted by atomic mass is 79.9. The van der Waals surface area contributed by atoms with Crippen LogP contribution in [-0.4, -0.2) is 24.3 Å². The Balaban J connectivity index is 2.31. The number of alkyl halides is 1. The van der Waals surface area contributed by atoms with Crippen molar-refractivity contribution in [1.29, 1.82) is 0 Å². The molecule has 0 unspecified atom stereocenters. The molecule has 0 N–H and O–H groups in total. The van der Waals surface area contributed by atoms with Crippen molar-refractivity contribution in [2.24, 2.45) is 0 Å². The molecule has 0 radical (unpaired) electrons. The van der Waals surface area contributed by atoms with Crippen molar-refractivity contribution in [1.82, 2.24) is 0 Å². The van der Waals surface area contributed by atoms with Crippen LogP contribution in [0.15, 0.2) is 22.7 Å². The summed E-state index contributed by atoms with van der Waals surface area (Å²) < 4.78 is 7.22. The lowest BCUT2D eigenvalue weighted by Crippen LogP contribution is -2.57. The molecule has 106 valence electrons. The maximum atomic E-state index is 6.12. The molecule has 0 atom stereocenters. The molecule has 0 aliphatic carbocycles. The Kier molecular flexibility index (Phi) is 4.20. The van der Waals surface area contributed by atoms with Crippen LogP contribution in [0.2, 0.25) is 0 Å². The molecule has 1 aliphatic heterocycles. The number of benzene rings is 1. The summed E-state index contributed by atoms with van der Waals surface area (Å²) >= 11 is 9.53. The lowest BCUT2D eigenvalue weighted by atomic mass is 9.98. The van der Waals surface area contributed by atoms with Gasteiger partial charge in [0.1, 0.15) is 0 Å². The lowest BCUT2D eigenvalue weighted by Gasteiger charge is -2.48. The van der Waals surface area contributed by atoms with Crippen LogP contribution in [0.5, 0.6) is 0 Å². The minimum Gasteiger partial charge on any atom is -0.366 e. The molecule has 1 aromatic rings. The smallest absolute Gasteiger partial charge is 0.0808 e. The highest BCUT2D eigenvalue weighted by Gasteiger charge is 2.38. The van der Waals surface area contributed by atoms with Crippen molar-refractivity contribution in [2.75, 3.05) is 18.0 Å². The van der Waals surface area contributed by atoms with Crippen LogP contribution in [0.1, 0.15) is 33.3 Å². The normalized spacial score (nSPS) is 21.5. The third kappa shape index (κ3) is 3.65. The van der Waals surface area contributed by atoms with Gasteiger partial charge in [0.25, 0.3) is 0 Å². The first-order valence-electron chi connectivity index (χ1n) is 6.52. The minimum absolute atomic E-state index is 0.146. The monoisotopic (exact) mass is 345 g/mol. The summed E-state index contributed by atoms with van der Waals surface area (Å²) in [5.41, 5.74) is 2.04. The molecule has 2 rings (SSSR count). The van der Waals surface area contributed by atoms with Gasteiger partial charge in [0.05, 0.1) is 16.9 Å². The third-order valence-corrected chi connectivity index (χ3v) is 4.15. The highest BCUT2D eigenvalue weighted by molar-refractivity contribution is 9.10. The average molecular weight is 347 g/mol. The van der Waals surface area contributed by atoms with Crippen LogP contribution in [0.4, 0.5) is 5.69 Å².